The van der Waals surface area contributed by atoms with Crippen molar-refractivity contribution in [2.45, 2.75) is 10.9 Å². The lowest BCUT2D eigenvalue weighted by atomic mass is 10.1. The third kappa shape index (κ3) is 3.68. The molecule has 0 amide bonds. The second-order valence-electron chi connectivity index (χ2n) is 7.18. The molecule has 0 radical (unpaired) electrons. The first-order valence-electron chi connectivity index (χ1n) is 10.0. The molecular weight excluding hydrogens is 404 g/mol. The normalized spacial score (nSPS) is 11.1. The predicted molar refractivity (Wildman–Crippen MR) is 127 cm³/mol. The smallest absolute Gasteiger partial charge is 0.266 e. The zero-order valence-corrected chi connectivity index (χ0v) is 17.8. The second kappa shape index (κ2) is 8.28. The van der Waals surface area contributed by atoms with E-state index in [1.807, 2.05) is 54.6 Å². The fraction of sp³-hybridized carbons (Fsp3) is 0.0769. The quantitative estimate of drug-likeness (QED) is 0.263. The van der Waals surface area contributed by atoms with Crippen molar-refractivity contribution in [1.82, 2.24) is 9.55 Å². The Morgan fingerprint density at radius 2 is 1.55 bits per heavy atom. The van der Waals surface area contributed by atoms with Crippen molar-refractivity contribution in [2.75, 3.05) is 7.11 Å². The number of fused-ring (bicyclic) bond motifs is 2. The first-order valence-corrected chi connectivity index (χ1v) is 11.0. The first-order chi connectivity index (χ1) is 15.2. The molecule has 0 aliphatic carbocycles. The largest absolute Gasteiger partial charge is 0.497 e. The van der Waals surface area contributed by atoms with Gasteiger partial charge >= 0.3 is 0 Å². The maximum atomic E-state index is 13.4. The summed E-state index contributed by atoms with van der Waals surface area (Å²) in [5.74, 6) is 1.46. The van der Waals surface area contributed by atoms with Gasteiger partial charge in [-0.15, -0.1) is 0 Å². The van der Waals surface area contributed by atoms with Crippen LogP contribution in [0.4, 0.5) is 0 Å². The summed E-state index contributed by atoms with van der Waals surface area (Å²) >= 11 is 1.57. The van der Waals surface area contributed by atoms with Crippen LogP contribution in [0.3, 0.4) is 0 Å². The minimum atomic E-state index is -0.0730. The molecule has 1 aromatic heterocycles. The molecule has 0 atom stereocenters. The SMILES string of the molecule is COc1ccc(-n2c(SCc3cccc4ccccc34)nc3ccccc3c2=O)cc1. The van der Waals surface area contributed by atoms with E-state index in [-0.39, 0.29) is 5.56 Å². The van der Waals surface area contributed by atoms with Gasteiger partial charge in [-0.3, -0.25) is 9.36 Å². The van der Waals surface area contributed by atoms with E-state index in [9.17, 15) is 4.79 Å². The summed E-state index contributed by atoms with van der Waals surface area (Å²) in [6.07, 6.45) is 0. The monoisotopic (exact) mass is 424 g/mol. The van der Waals surface area contributed by atoms with E-state index in [0.29, 0.717) is 21.8 Å². The number of ether oxygens (including phenoxy) is 1. The highest BCUT2D eigenvalue weighted by molar-refractivity contribution is 7.98. The molecule has 31 heavy (non-hydrogen) atoms. The number of benzene rings is 4. The molecule has 1 heterocycles. The van der Waals surface area contributed by atoms with Crippen LogP contribution in [0.5, 0.6) is 5.75 Å². The van der Waals surface area contributed by atoms with Crippen LogP contribution in [0.25, 0.3) is 27.4 Å². The van der Waals surface area contributed by atoms with Crippen LogP contribution in [0, 0.1) is 0 Å². The van der Waals surface area contributed by atoms with E-state index in [4.69, 9.17) is 9.72 Å². The summed E-state index contributed by atoms with van der Waals surface area (Å²) in [6, 6.07) is 29.6. The van der Waals surface area contributed by atoms with Crippen LogP contribution in [-0.2, 0) is 5.75 Å². The summed E-state index contributed by atoms with van der Waals surface area (Å²) in [5.41, 5.74) is 2.62. The van der Waals surface area contributed by atoms with Gasteiger partial charge in [0.25, 0.3) is 5.56 Å². The van der Waals surface area contributed by atoms with Crippen molar-refractivity contribution in [2.24, 2.45) is 0 Å². The Morgan fingerprint density at radius 3 is 2.35 bits per heavy atom. The van der Waals surface area contributed by atoms with Gasteiger partial charge < -0.3 is 4.74 Å². The molecule has 0 fully saturated rings. The molecule has 5 aromatic rings. The van der Waals surface area contributed by atoms with Crippen LogP contribution in [0.1, 0.15) is 5.56 Å². The third-order valence-corrected chi connectivity index (χ3v) is 6.30. The zero-order chi connectivity index (χ0) is 21.2. The van der Waals surface area contributed by atoms with Gasteiger partial charge in [0.15, 0.2) is 5.16 Å². The van der Waals surface area contributed by atoms with E-state index < -0.39 is 0 Å². The number of thioether (sulfide) groups is 1. The van der Waals surface area contributed by atoms with E-state index in [2.05, 4.69) is 36.4 Å². The van der Waals surface area contributed by atoms with Crippen LogP contribution >= 0.6 is 11.8 Å². The Labute approximate surface area is 184 Å². The minimum Gasteiger partial charge on any atom is -0.497 e. The molecule has 0 saturated carbocycles. The van der Waals surface area contributed by atoms with Gasteiger partial charge in [0.2, 0.25) is 0 Å². The lowest BCUT2D eigenvalue weighted by molar-refractivity contribution is 0.414. The average molecular weight is 425 g/mol. The molecule has 4 nitrogen and oxygen atoms in total. The summed E-state index contributed by atoms with van der Waals surface area (Å²) in [5, 5.41) is 3.70. The number of para-hydroxylation sites is 1. The first kappa shape index (κ1) is 19.4. The van der Waals surface area contributed by atoms with E-state index in [0.717, 1.165) is 11.4 Å². The Bertz CT molecular complexity index is 1440. The van der Waals surface area contributed by atoms with Gasteiger partial charge in [0, 0.05) is 5.75 Å². The average Bonchev–Trinajstić information content (AvgIpc) is 2.83. The number of nitrogens with zero attached hydrogens (tertiary/aromatic N) is 2. The lowest BCUT2D eigenvalue weighted by Gasteiger charge is -2.14. The Hall–Kier alpha value is -3.57. The lowest BCUT2D eigenvalue weighted by Crippen LogP contribution is -2.21. The predicted octanol–water partition coefficient (Wildman–Crippen LogP) is 5.84. The molecule has 0 saturated heterocycles. The van der Waals surface area contributed by atoms with Crippen molar-refractivity contribution >= 4 is 33.4 Å². The van der Waals surface area contributed by atoms with Gasteiger partial charge in [0.1, 0.15) is 5.75 Å². The van der Waals surface area contributed by atoms with Crippen LogP contribution in [0.15, 0.2) is 101 Å². The van der Waals surface area contributed by atoms with Gasteiger partial charge in [-0.25, -0.2) is 4.98 Å². The summed E-state index contributed by atoms with van der Waals surface area (Å²) in [7, 11) is 1.63. The molecule has 0 bridgehead atoms. The van der Waals surface area contributed by atoms with E-state index in [1.54, 1.807) is 23.4 Å². The fourth-order valence-electron chi connectivity index (χ4n) is 3.73. The van der Waals surface area contributed by atoms with Gasteiger partial charge in [0.05, 0.1) is 23.7 Å². The number of aromatic nitrogens is 2. The third-order valence-electron chi connectivity index (χ3n) is 5.31. The number of methoxy groups -OCH3 is 1. The van der Waals surface area contributed by atoms with Crippen molar-refractivity contribution in [3.8, 4) is 11.4 Å². The highest BCUT2D eigenvalue weighted by Gasteiger charge is 2.14. The summed E-state index contributed by atoms with van der Waals surface area (Å²) in [6.45, 7) is 0. The number of hydrogen-bond acceptors (Lipinski definition) is 4. The van der Waals surface area contributed by atoms with Crippen LogP contribution in [-0.4, -0.2) is 16.7 Å². The Balaban J connectivity index is 1.62. The Kier molecular flexibility index (Phi) is 5.18. The molecule has 4 aromatic carbocycles. The van der Waals surface area contributed by atoms with Crippen molar-refractivity contribution in [3.63, 3.8) is 0 Å². The molecule has 0 aliphatic rings. The Morgan fingerprint density at radius 1 is 0.839 bits per heavy atom. The fourth-order valence-corrected chi connectivity index (χ4v) is 4.75. The van der Waals surface area contributed by atoms with E-state index >= 15 is 0 Å². The van der Waals surface area contributed by atoms with Crippen molar-refractivity contribution < 1.29 is 4.74 Å². The molecule has 0 aliphatic heterocycles. The standard InChI is InChI=1S/C26H20N2O2S/c1-30-21-15-13-20(14-16-21)28-25(29)23-11-4-5-12-24(23)27-26(28)31-17-19-9-6-8-18-7-2-3-10-22(18)19/h2-16H,17H2,1H3. The summed E-state index contributed by atoms with van der Waals surface area (Å²) in [4.78, 5) is 18.3. The highest BCUT2D eigenvalue weighted by atomic mass is 32.2. The highest BCUT2D eigenvalue weighted by Crippen LogP contribution is 2.28. The molecule has 5 rings (SSSR count). The second-order valence-corrected chi connectivity index (χ2v) is 8.12. The van der Waals surface area contributed by atoms with Crippen molar-refractivity contribution in [1.29, 1.82) is 0 Å². The van der Waals surface area contributed by atoms with Gasteiger partial charge in [-0.1, -0.05) is 66.4 Å². The minimum absolute atomic E-state index is 0.0730. The molecular formula is C26H20N2O2S. The zero-order valence-electron chi connectivity index (χ0n) is 17.0. The summed E-state index contributed by atoms with van der Waals surface area (Å²) < 4.78 is 6.97. The van der Waals surface area contributed by atoms with Crippen LogP contribution in [0.2, 0.25) is 0 Å². The number of rotatable bonds is 5. The maximum absolute atomic E-state index is 13.4. The number of hydrogen-bond donors (Lipinski definition) is 0. The van der Waals surface area contributed by atoms with Gasteiger partial charge in [-0.2, -0.15) is 0 Å². The molecule has 0 spiro atoms. The molecule has 5 heteroatoms. The van der Waals surface area contributed by atoms with E-state index in [1.165, 1.54) is 16.3 Å². The topological polar surface area (TPSA) is 44.1 Å². The maximum Gasteiger partial charge on any atom is 0.266 e. The molecule has 0 N–H and O–H groups in total. The van der Waals surface area contributed by atoms with Crippen molar-refractivity contribution in [3.05, 3.63) is 107 Å². The molecule has 0 unspecified atom stereocenters. The van der Waals surface area contributed by atoms with Gasteiger partial charge in [-0.05, 0) is 52.7 Å². The molecule has 152 valence electrons. The van der Waals surface area contributed by atoms with Crippen LogP contribution < -0.4 is 10.3 Å².